The van der Waals surface area contributed by atoms with Crippen molar-refractivity contribution in [1.82, 2.24) is 0 Å². The van der Waals surface area contributed by atoms with Gasteiger partial charge in [-0.25, -0.2) is 18.0 Å². The first-order valence-corrected chi connectivity index (χ1v) is 14.4. The number of hydrogen-bond donors (Lipinski definition) is 2. The summed E-state index contributed by atoms with van der Waals surface area (Å²) in [7, 11) is -3.85. The summed E-state index contributed by atoms with van der Waals surface area (Å²) in [5.41, 5.74) is 0. The molecule has 2 atom stereocenters. The number of carboxylic acids is 2. The number of unbranched alkanes of at least 4 members (excludes halogenated alkanes) is 6. The highest BCUT2D eigenvalue weighted by atomic mass is 32.2. The summed E-state index contributed by atoms with van der Waals surface area (Å²) in [4.78, 5) is 23.1. The SMILES string of the molecule is CCCCCCC(Oc1ccc(S(=O)(=O)c2ccc(OC(CCCCCC)C(=O)O)cc2)cc1)C(=O)O. The second-order valence-corrected chi connectivity index (χ2v) is 11.0. The van der Waals surface area contributed by atoms with E-state index >= 15 is 0 Å². The Labute approximate surface area is 219 Å². The van der Waals surface area contributed by atoms with E-state index in [4.69, 9.17) is 9.47 Å². The zero-order chi connectivity index (χ0) is 27.3. The van der Waals surface area contributed by atoms with Crippen molar-refractivity contribution in [2.75, 3.05) is 0 Å². The van der Waals surface area contributed by atoms with E-state index in [-0.39, 0.29) is 21.3 Å². The molecule has 2 N–H and O–H groups in total. The first-order valence-electron chi connectivity index (χ1n) is 12.9. The maximum Gasteiger partial charge on any atom is 0.344 e. The molecule has 0 saturated heterocycles. The van der Waals surface area contributed by atoms with Gasteiger partial charge in [-0.2, -0.15) is 0 Å². The summed E-state index contributed by atoms with van der Waals surface area (Å²) in [5, 5.41) is 18.9. The maximum atomic E-state index is 13.1. The highest BCUT2D eigenvalue weighted by molar-refractivity contribution is 7.91. The fourth-order valence-electron chi connectivity index (χ4n) is 3.84. The smallest absolute Gasteiger partial charge is 0.344 e. The molecule has 0 saturated carbocycles. The van der Waals surface area contributed by atoms with Crippen LogP contribution in [0.4, 0.5) is 0 Å². The number of carbonyl (C=O) groups is 2. The third kappa shape index (κ3) is 9.72. The molecule has 0 amide bonds. The summed E-state index contributed by atoms with van der Waals surface area (Å²) >= 11 is 0. The quantitative estimate of drug-likeness (QED) is 0.219. The second kappa shape index (κ2) is 15.2. The summed E-state index contributed by atoms with van der Waals surface area (Å²) in [6.45, 7) is 4.16. The fourth-order valence-corrected chi connectivity index (χ4v) is 5.10. The van der Waals surface area contributed by atoms with Crippen LogP contribution in [0.2, 0.25) is 0 Å². The van der Waals surface area contributed by atoms with E-state index in [1.165, 1.54) is 48.5 Å². The number of sulfone groups is 1. The van der Waals surface area contributed by atoms with Gasteiger partial charge in [-0.05, 0) is 74.2 Å². The van der Waals surface area contributed by atoms with Gasteiger partial charge in [0.15, 0.2) is 12.2 Å². The van der Waals surface area contributed by atoms with Crippen LogP contribution in [-0.4, -0.2) is 42.8 Å². The van der Waals surface area contributed by atoms with Gasteiger partial charge in [-0.1, -0.05) is 52.4 Å². The Morgan fingerprint density at radius 1 is 0.649 bits per heavy atom. The molecule has 0 bridgehead atoms. The van der Waals surface area contributed by atoms with Crippen LogP contribution in [0.3, 0.4) is 0 Å². The van der Waals surface area contributed by atoms with Crippen LogP contribution in [0, 0.1) is 0 Å². The van der Waals surface area contributed by atoms with E-state index in [0.29, 0.717) is 12.8 Å². The fraction of sp³-hybridized carbons (Fsp3) is 0.500. The van der Waals surface area contributed by atoms with E-state index in [0.717, 1.165) is 51.4 Å². The van der Waals surface area contributed by atoms with Gasteiger partial charge in [0.1, 0.15) is 11.5 Å². The molecule has 9 heteroatoms. The van der Waals surface area contributed by atoms with Gasteiger partial charge in [0.05, 0.1) is 9.79 Å². The van der Waals surface area contributed by atoms with Gasteiger partial charge >= 0.3 is 11.9 Å². The third-order valence-corrected chi connectivity index (χ3v) is 7.80. The topological polar surface area (TPSA) is 127 Å². The molecule has 0 aliphatic carbocycles. The monoisotopic (exact) mass is 534 g/mol. The standard InChI is InChI=1S/C28H38O8S/c1-3-5-7-9-11-25(27(29)30)35-21-13-17-23(18-14-21)37(33,34)24-19-15-22(16-20-24)36-26(28(31)32)12-10-8-6-4-2/h13-20,25-26H,3-12H2,1-2H3,(H,29,30)(H,31,32). The van der Waals surface area contributed by atoms with Crippen LogP contribution in [0.1, 0.15) is 78.1 Å². The number of rotatable bonds is 18. The van der Waals surface area contributed by atoms with Crippen molar-refractivity contribution in [1.29, 1.82) is 0 Å². The zero-order valence-corrected chi connectivity index (χ0v) is 22.4. The van der Waals surface area contributed by atoms with Crippen LogP contribution in [0.5, 0.6) is 11.5 Å². The van der Waals surface area contributed by atoms with Crippen molar-refractivity contribution in [2.45, 2.75) is 100 Å². The van der Waals surface area contributed by atoms with Crippen molar-refractivity contribution in [3.05, 3.63) is 48.5 Å². The Bertz CT molecular complexity index is 997. The molecule has 0 heterocycles. The molecule has 0 aliphatic rings. The number of benzene rings is 2. The average Bonchev–Trinajstić information content (AvgIpc) is 2.88. The number of aliphatic carboxylic acids is 2. The lowest BCUT2D eigenvalue weighted by Crippen LogP contribution is -2.27. The minimum atomic E-state index is -3.85. The van der Waals surface area contributed by atoms with E-state index in [1.807, 2.05) is 0 Å². The minimum absolute atomic E-state index is 0.0303. The predicted molar refractivity (Wildman–Crippen MR) is 140 cm³/mol. The highest BCUT2D eigenvalue weighted by Crippen LogP contribution is 2.26. The van der Waals surface area contributed by atoms with Gasteiger partial charge in [-0.15, -0.1) is 0 Å². The summed E-state index contributed by atoms with van der Waals surface area (Å²) in [5.74, 6) is -1.54. The molecule has 204 valence electrons. The van der Waals surface area contributed by atoms with Crippen molar-refractivity contribution in [2.24, 2.45) is 0 Å². The molecular formula is C28H38O8S. The van der Waals surface area contributed by atoms with E-state index in [9.17, 15) is 28.2 Å². The van der Waals surface area contributed by atoms with E-state index < -0.39 is 34.0 Å². The molecule has 0 spiro atoms. The maximum absolute atomic E-state index is 13.1. The molecule has 2 rings (SSSR count). The second-order valence-electron chi connectivity index (χ2n) is 9.03. The molecule has 37 heavy (non-hydrogen) atoms. The summed E-state index contributed by atoms with van der Waals surface area (Å²) in [6.07, 6.45) is 6.28. The average molecular weight is 535 g/mol. The van der Waals surface area contributed by atoms with E-state index in [2.05, 4.69) is 13.8 Å². The zero-order valence-electron chi connectivity index (χ0n) is 21.6. The molecule has 0 aliphatic heterocycles. The van der Waals surface area contributed by atoms with Gasteiger partial charge in [0.25, 0.3) is 0 Å². The molecule has 2 aromatic carbocycles. The third-order valence-electron chi connectivity index (χ3n) is 6.02. The molecular weight excluding hydrogens is 496 g/mol. The number of carboxylic acid groups (broad SMARTS) is 2. The largest absolute Gasteiger partial charge is 0.479 e. The molecule has 2 aromatic rings. The molecule has 0 fully saturated rings. The number of ether oxygens (including phenoxy) is 2. The normalized spacial score (nSPS) is 13.0. The Kier molecular flexibility index (Phi) is 12.4. The first-order chi connectivity index (χ1) is 17.7. The van der Waals surface area contributed by atoms with E-state index in [1.54, 1.807) is 0 Å². The number of hydrogen-bond acceptors (Lipinski definition) is 6. The Morgan fingerprint density at radius 3 is 1.30 bits per heavy atom. The van der Waals surface area contributed by atoms with Gasteiger partial charge in [0, 0.05) is 0 Å². The van der Waals surface area contributed by atoms with Crippen LogP contribution < -0.4 is 9.47 Å². The first kappa shape index (κ1) is 30.2. The highest BCUT2D eigenvalue weighted by Gasteiger charge is 2.22. The Balaban J connectivity index is 2.04. The molecule has 2 unspecified atom stereocenters. The van der Waals surface area contributed by atoms with Crippen molar-refractivity contribution >= 4 is 21.8 Å². The van der Waals surface area contributed by atoms with Gasteiger partial charge in [-0.3, -0.25) is 0 Å². The van der Waals surface area contributed by atoms with Crippen LogP contribution in [0.25, 0.3) is 0 Å². The van der Waals surface area contributed by atoms with Gasteiger partial charge < -0.3 is 19.7 Å². The van der Waals surface area contributed by atoms with Gasteiger partial charge in [0.2, 0.25) is 9.84 Å². The van der Waals surface area contributed by atoms with Crippen molar-refractivity contribution < 1.29 is 37.7 Å². The minimum Gasteiger partial charge on any atom is -0.479 e. The van der Waals surface area contributed by atoms with Crippen LogP contribution in [-0.2, 0) is 19.4 Å². The predicted octanol–water partition coefficient (Wildman–Crippen LogP) is 6.12. The molecule has 0 aromatic heterocycles. The Morgan fingerprint density at radius 2 is 1.00 bits per heavy atom. The van der Waals surface area contributed by atoms with Crippen molar-refractivity contribution in [3.63, 3.8) is 0 Å². The molecule has 0 radical (unpaired) electrons. The summed E-state index contributed by atoms with van der Waals surface area (Å²) < 4.78 is 37.3. The molecule has 8 nitrogen and oxygen atoms in total. The Hall–Kier alpha value is -3.07. The lowest BCUT2D eigenvalue weighted by Gasteiger charge is -2.16. The lowest BCUT2D eigenvalue weighted by molar-refractivity contribution is -0.146. The van der Waals surface area contributed by atoms with Crippen LogP contribution in [0.15, 0.2) is 58.3 Å². The van der Waals surface area contributed by atoms with Crippen LogP contribution >= 0.6 is 0 Å². The lowest BCUT2D eigenvalue weighted by atomic mass is 10.1. The summed E-state index contributed by atoms with van der Waals surface area (Å²) in [6, 6.07) is 11.3. The van der Waals surface area contributed by atoms with Crippen molar-refractivity contribution in [3.8, 4) is 11.5 Å².